The Bertz CT molecular complexity index is 1230. The maximum Gasteiger partial charge on any atom is 0.328 e. The summed E-state index contributed by atoms with van der Waals surface area (Å²) in [6.45, 7) is 3.80. The highest BCUT2D eigenvalue weighted by Crippen LogP contribution is 2.38. The maximum absolute atomic E-state index is 14.0. The van der Waals surface area contributed by atoms with Gasteiger partial charge in [-0.3, -0.25) is 14.6 Å². The van der Waals surface area contributed by atoms with E-state index in [9.17, 15) is 9.59 Å². The monoisotopic (exact) mass is 513 g/mol. The molecule has 2 heterocycles. The second-order valence-corrected chi connectivity index (χ2v) is 10.0. The quantitative estimate of drug-likeness (QED) is 0.290. The molecule has 3 amide bonds. The van der Waals surface area contributed by atoms with Crippen molar-refractivity contribution in [1.82, 2.24) is 14.7 Å². The number of rotatable bonds is 10. The molecule has 38 heavy (non-hydrogen) atoms. The fourth-order valence-corrected chi connectivity index (χ4v) is 5.51. The first-order valence-electron chi connectivity index (χ1n) is 13.2. The van der Waals surface area contributed by atoms with E-state index in [0.29, 0.717) is 38.3 Å². The van der Waals surface area contributed by atoms with Crippen LogP contribution < -0.4 is 4.74 Å². The molecule has 0 atom stereocenters. The molecule has 1 spiro atoms. The summed E-state index contributed by atoms with van der Waals surface area (Å²) in [6.07, 6.45) is 1.22. The number of amides is 3. The highest BCUT2D eigenvalue weighted by molar-refractivity contribution is 6.07. The van der Waals surface area contributed by atoms with E-state index in [0.717, 1.165) is 30.8 Å². The van der Waals surface area contributed by atoms with Crippen molar-refractivity contribution in [2.45, 2.75) is 38.1 Å². The second kappa shape index (κ2) is 11.8. The second-order valence-electron chi connectivity index (χ2n) is 10.0. The van der Waals surface area contributed by atoms with Crippen LogP contribution in [-0.4, -0.2) is 65.5 Å². The van der Waals surface area contributed by atoms with Gasteiger partial charge >= 0.3 is 6.03 Å². The zero-order chi connectivity index (χ0) is 26.4. The van der Waals surface area contributed by atoms with Crippen LogP contribution in [0.1, 0.15) is 29.5 Å². The minimum atomic E-state index is -0.834. The van der Waals surface area contributed by atoms with Crippen LogP contribution in [-0.2, 0) is 29.2 Å². The number of urea groups is 1. The molecule has 3 aromatic carbocycles. The lowest BCUT2D eigenvalue weighted by atomic mass is 9.85. The van der Waals surface area contributed by atoms with Gasteiger partial charge in [-0.25, -0.2) is 4.79 Å². The van der Waals surface area contributed by atoms with Gasteiger partial charge in [-0.05, 0) is 41.7 Å². The zero-order valence-electron chi connectivity index (χ0n) is 21.9. The number of carbonyl (C=O) groups excluding carboxylic acids is 2. The van der Waals surface area contributed by atoms with Gasteiger partial charge in [0.15, 0.2) is 0 Å². The third-order valence-corrected chi connectivity index (χ3v) is 7.60. The normalized spacial score (nSPS) is 17.4. The van der Waals surface area contributed by atoms with Crippen LogP contribution in [0.25, 0.3) is 0 Å². The topological polar surface area (TPSA) is 62.3 Å². The molecule has 0 aliphatic carbocycles. The van der Waals surface area contributed by atoms with Crippen molar-refractivity contribution in [2.75, 3.05) is 33.4 Å². The van der Waals surface area contributed by atoms with Gasteiger partial charge in [0, 0.05) is 26.2 Å². The molecule has 0 bridgehead atoms. The van der Waals surface area contributed by atoms with Crippen LogP contribution in [0.15, 0.2) is 84.9 Å². The average molecular weight is 514 g/mol. The summed E-state index contributed by atoms with van der Waals surface area (Å²) in [5, 5.41) is 0. The zero-order valence-corrected chi connectivity index (χ0v) is 21.9. The predicted molar refractivity (Wildman–Crippen MR) is 145 cm³/mol. The van der Waals surface area contributed by atoms with E-state index in [4.69, 9.17) is 9.47 Å². The van der Waals surface area contributed by atoms with E-state index in [1.807, 2.05) is 72.8 Å². The first kappa shape index (κ1) is 25.9. The third-order valence-electron chi connectivity index (χ3n) is 7.60. The number of carbonyl (C=O) groups is 2. The van der Waals surface area contributed by atoms with E-state index in [1.165, 1.54) is 10.5 Å². The number of benzene rings is 3. The SMILES string of the molecule is COc1cccc(CN2C(=O)N(CCOCc3ccccc3)C3(CCN(Cc4ccccc4)CC3)C2=O)c1. The van der Waals surface area contributed by atoms with Gasteiger partial charge in [0.1, 0.15) is 11.3 Å². The molecule has 2 fully saturated rings. The number of imide groups is 1. The lowest BCUT2D eigenvalue weighted by Gasteiger charge is -2.42. The molecular weight excluding hydrogens is 478 g/mol. The fraction of sp³-hybridized carbons (Fsp3) is 0.355. The first-order valence-corrected chi connectivity index (χ1v) is 13.2. The Morgan fingerprint density at radius 1 is 0.789 bits per heavy atom. The van der Waals surface area contributed by atoms with Crippen LogP contribution in [0.3, 0.4) is 0 Å². The number of ether oxygens (including phenoxy) is 2. The summed E-state index contributed by atoms with van der Waals surface area (Å²) < 4.78 is 11.3. The fourth-order valence-electron chi connectivity index (χ4n) is 5.51. The van der Waals surface area contributed by atoms with E-state index < -0.39 is 5.54 Å². The van der Waals surface area contributed by atoms with E-state index in [2.05, 4.69) is 17.0 Å². The minimum Gasteiger partial charge on any atom is -0.497 e. The first-order chi connectivity index (χ1) is 18.6. The van der Waals surface area contributed by atoms with Crippen molar-refractivity contribution in [1.29, 1.82) is 0 Å². The molecule has 0 unspecified atom stereocenters. The van der Waals surface area contributed by atoms with Crippen molar-refractivity contribution >= 4 is 11.9 Å². The summed E-state index contributed by atoms with van der Waals surface area (Å²) in [7, 11) is 1.61. The number of hydrogen-bond donors (Lipinski definition) is 0. The van der Waals surface area contributed by atoms with Crippen LogP contribution in [0, 0.1) is 0 Å². The Morgan fingerprint density at radius 2 is 1.45 bits per heavy atom. The molecule has 198 valence electrons. The average Bonchev–Trinajstić information content (AvgIpc) is 3.14. The van der Waals surface area contributed by atoms with E-state index in [-0.39, 0.29) is 18.5 Å². The highest BCUT2D eigenvalue weighted by Gasteiger charge is 2.57. The van der Waals surface area contributed by atoms with Crippen molar-refractivity contribution < 1.29 is 19.1 Å². The molecule has 2 aliphatic rings. The summed E-state index contributed by atoms with van der Waals surface area (Å²) in [5.41, 5.74) is 2.37. The largest absolute Gasteiger partial charge is 0.497 e. The van der Waals surface area contributed by atoms with Crippen molar-refractivity contribution in [2.24, 2.45) is 0 Å². The van der Waals surface area contributed by atoms with Gasteiger partial charge in [-0.2, -0.15) is 0 Å². The molecule has 7 nitrogen and oxygen atoms in total. The lowest BCUT2D eigenvalue weighted by molar-refractivity contribution is -0.136. The highest BCUT2D eigenvalue weighted by atomic mass is 16.5. The van der Waals surface area contributed by atoms with Gasteiger partial charge in [0.25, 0.3) is 5.91 Å². The number of piperidine rings is 1. The Balaban J connectivity index is 1.30. The lowest BCUT2D eigenvalue weighted by Crippen LogP contribution is -2.57. The number of hydrogen-bond acceptors (Lipinski definition) is 5. The molecule has 7 heteroatoms. The summed E-state index contributed by atoms with van der Waals surface area (Å²) in [5.74, 6) is 0.601. The van der Waals surface area contributed by atoms with Gasteiger partial charge in [-0.15, -0.1) is 0 Å². The smallest absolute Gasteiger partial charge is 0.328 e. The van der Waals surface area contributed by atoms with Crippen molar-refractivity contribution in [3.05, 3.63) is 102 Å². The van der Waals surface area contributed by atoms with Crippen LogP contribution >= 0.6 is 0 Å². The predicted octanol–water partition coefficient (Wildman–Crippen LogP) is 4.71. The summed E-state index contributed by atoms with van der Waals surface area (Å²) in [6, 6.07) is 27.6. The third kappa shape index (κ3) is 5.59. The summed E-state index contributed by atoms with van der Waals surface area (Å²) >= 11 is 0. The van der Waals surface area contributed by atoms with Gasteiger partial charge in [-0.1, -0.05) is 72.8 Å². The molecular formula is C31H35N3O4. The Morgan fingerprint density at radius 3 is 2.13 bits per heavy atom. The van der Waals surface area contributed by atoms with Gasteiger partial charge in [0.05, 0.1) is 26.9 Å². The van der Waals surface area contributed by atoms with Crippen LogP contribution in [0.2, 0.25) is 0 Å². The maximum atomic E-state index is 14.0. The Kier molecular flexibility index (Phi) is 8.05. The molecule has 0 radical (unpaired) electrons. The number of nitrogens with zero attached hydrogens (tertiary/aromatic N) is 3. The Hall–Kier alpha value is -3.68. The van der Waals surface area contributed by atoms with Gasteiger partial charge in [0.2, 0.25) is 0 Å². The molecule has 3 aromatic rings. The minimum absolute atomic E-state index is 0.104. The molecule has 0 saturated carbocycles. The molecule has 2 saturated heterocycles. The molecule has 2 aliphatic heterocycles. The van der Waals surface area contributed by atoms with E-state index in [1.54, 1.807) is 12.0 Å². The van der Waals surface area contributed by atoms with Crippen LogP contribution in [0.4, 0.5) is 4.79 Å². The number of likely N-dealkylation sites (tertiary alicyclic amines) is 1. The molecule has 0 aromatic heterocycles. The van der Waals surface area contributed by atoms with Crippen LogP contribution in [0.5, 0.6) is 5.75 Å². The van der Waals surface area contributed by atoms with E-state index >= 15 is 0 Å². The summed E-state index contributed by atoms with van der Waals surface area (Å²) in [4.78, 5) is 33.2. The number of methoxy groups -OCH3 is 1. The molecule has 0 N–H and O–H groups in total. The van der Waals surface area contributed by atoms with Crippen molar-refractivity contribution in [3.63, 3.8) is 0 Å². The van der Waals surface area contributed by atoms with Gasteiger partial charge < -0.3 is 14.4 Å². The Labute approximate surface area is 224 Å². The standard InChI is InChI=1S/C31H35N3O4/c1-37-28-14-8-13-27(21-28)23-33-29(35)31(15-17-32(18-16-31)22-25-9-4-2-5-10-25)34(30(33)36)19-20-38-24-26-11-6-3-7-12-26/h2-14,21H,15-20,22-24H2,1H3. The van der Waals surface area contributed by atoms with Crippen molar-refractivity contribution in [3.8, 4) is 5.75 Å². The molecule has 5 rings (SSSR count).